The highest BCUT2D eigenvalue weighted by Gasteiger charge is 2.22. The quantitative estimate of drug-likeness (QED) is 0.926. The third-order valence-electron chi connectivity index (χ3n) is 3.26. The van der Waals surface area contributed by atoms with Gasteiger partial charge in [-0.2, -0.15) is 0 Å². The zero-order chi connectivity index (χ0) is 12.3. The number of hydrogen-bond acceptors (Lipinski definition) is 3. The average molecular weight is 300 g/mol. The van der Waals surface area contributed by atoms with Crippen LogP contribution in [0.25, 0.3) is 0 Å². The summed E-state index contributed by atoms with van der Waals surface area (Å²) in [5.41, 5.74) is 1.19. The predicted molar refractivity (Wildman–Crippen MR) is 71.2 cm³/mol. The van der Waals surface area contributed by atoms with Crippen molar-refractivity contribution in [2.75, 3.05) is 26.8 Å². The molecule has 0 aliphatic carbocycles. The van der Waals surface area contributed by atoms with Crippen molar-refractivity contribution in [1.29, 1.82) is 0 Å². The van der Waals surface area contributed by atoms with Gasteiger partial charge in [0.2, 0.25) is 0 Å². The van der Waals surface area contributed by atoms with E-state index in [2.05, 4.69) is 26.9 Å². The van der Waals surface area contributed by atoms with Crippen LogP contribution in [-0.2, 0) is 6.54 Å². The average Bonchev–Trinajstić information content (AvgIpc) is 2.77. The van der Waals surface area contributed by atoms with E-state index < -0.39 is 0 Å². The van der Waals surface area contributed by atoms with Gasteiger partial charge < -0.3 is 9.84 Å². The van der Waals surface area contributed by atoms with Crippen molar-refractivity contribution >= 4 is 15.9 Å². The van der Waals surface area contributed by atoms with Gasteiger partial charge in [0, 0.05) is 29.7 Å². The standard InChI is InChI=1S/C13H18BrNO2/c1-17-13-3-2-12(14)6-11(13)8-15-5-4-10(7-15)9-16/h2-3,6,10,16H,4-5,7-9H2,1H3/t10-/m1/s1. The topological polar surface area (TPSA) is 32.7 Å². The van der Waals surface area contributed by atoms with Crippen LogP contribution in [0.3, 0.4) is 0 Å². The van der Waals surface area contributed by atoms with Crippen molar-refractivity contribution in [3.63, 3.8) is 0 Å². The molecule has 0 saturated carbocycles. The van der Waals surface area contributed by atoms with Crippen molar-refractivity contribution in [1.82, 2.24) is 4.90 Å². The Kier molecular flexibility index (Phi) is 4.42. The zero-order valence-corrected chi connectivity index (χ0v) is 11.6. The SMILES string of the molecule is COc1ccc(Br)cc1CN1CC[C@@H](CO)C1. The van der Waals surface area contributed by atoms with E-state index in [1.54, 1.807) is 7.11 Å². The second-order valence-electron chi connectivity index (χ2n) is 4.53. The van der Waals surface area contributed by atoms with Crippen LogP contribution in [0.1, 0.15) is 12.0 Å². The van der Waals surface area contributed by atoms with Crippen LogP contribution < -0.4 is 4.74 Å². The first-order valence-electron chi connectivity index (χ1n) is 5.88. The van der Waals surface area contributed by atoms with Gasteiger partial charge in [-0.1, -0.05) is 15.9 Å². The lowest BCUT2D eigenvalue weighted by molar-refractivity contribution is 0.219. The summed E-state index contributed by atoms with van der Waals surface area (Å²) in [6.07, 6.45) is 1.09. The van der Waals surface area contributed by atoms with Crippen LogP contribution in [0.4, 0.5) is 0 Å². The molecule has 4 heteroatoms. The lowest BCUT2D eigenvalue weighted by Gasteiger charge is -2.17. The van der Waals surface area contributed by atoms with Gasteiger partial charge in [0.1, 0.15) is 5.75 Å². The number of aliphatic hydroxyl groups excluding tert-OH is 1. The molecule has 0 aromatic heterocycles. The van der Waals surface area contributed by atoms with Crippen molar-refractivity contribution in [2.45, 2.75) is 13.0 Å². The molecule has 3 nitrogen and oxygen atoms in total. The normalized spacial score (nSPS) is 20.8. The van der Waals surface area contributed by atoms with Crippen LogP contribution >= 0.6 is 15.9 Å². The van der Waals surface area contributed by atoms with Gasteiger partial charge >= 0.3 is 0 Å². The van der Waals surface area contributed by atoms with Crippen molar-refractivity contribution in [3.05, 3.63) is 28.2 Å². The maximum atomic E-state index is 9.14. The summed E-state index contributed by atoms with van der Waals surface area (Å²) in [6.45, 7) is 3.22. The van der Waals surface area contributed by atoms with E-state index in [4.69, 9.17) is 9.84 Å². The molecule has 94 valence electrons. The summed E-state index contributed by atoms with van der Waals surface area (Å²) in [5.74, 6) is 1.37. The molecule has 1 saturated heterocycles. The first kappa shape index (κ1) is 12.9. The predicted octanol–water partition coefficient (Wildman–Crippen LogP) is 2.27. The molecule has 0 spiro atoms. The van der Waals surface area contributed by atoms with Crippen molar-refractivity contribution < 1.29 is 9.84 Å². The summed E-state index contributed by atoms with van der Waals surface area (Å²) >= 11 is 3.49. The maximum absolute atomic E-state index is 9.14. The Morgan fingerprint density at radius 2 is 2.35 bits per heavy atom. The molecule has 0 amide bonds. The first-order chi connectivity index (χ1) is 8.22. The number of benzene rings is 1. The Hall–Kier alpha value is -0.580. The molecule has 1 aliphatic heterocycles. The Morgan fingerprint density at radius 1 is 1.53 bits per heavy atom. The monoisotopic (exact) mass is 299 g/mol. The molecule has 1 aliphatic rings. The van der Waals surface area contributed by atoms with Gasteiger partial charge in [0.15, 0.2) is 0 Å². The van der Waals surface area contributed by atoms with E-state index in [9.17, 15) is 0 Å². The molecule has 1 fully saturated rings. The van der Waals surface area contributed by atoms with Gasteiger partial charge in [-0.05, 0) is 37.1 Å². The molecule has 0 radical (unpaired) electrons. The van der Waals surface area contributed by atoms with Gasteiger partial charge in [0.05, 0.1) is 7.11 Å². The number of aliphatic hydroxyl groups is 1. The first-order valence-corrected chi connectivity index (χ1v) is 6.68. The van der Waals surface area contributed by atoms with Gasteiger partial charge in [-0.25, -0.2) is 0 Å². The highest BCUT2D eigenvalue weighted by molar-refractivity contribution is 9.10. The number of ether oxygens (including phenoxy) is 1. The van der Waals surface area contributed by atoms with Crippen molar-refractivity contribution in [3.8, 4) is 5.75 Å². The van der Waals surface area contributed by atoms with Gasteiger partial charge in [-0.15, -0.1) is 0 Å². The van der Waals surface area contributed by atoms with Crippen LogP contribution in [0, 0.1) is 5.92 Å². The summed E-state index contributed by atoms with van der Waals surface area (Å²) in [7, 11) is 1.70. The fourth-order valence-corrected chi connectivity index (χ4v) is 2.73. The largest absolute Gasteiger partial charge is 0.496 e. The second kappa shape index (κ2) is 5.85. The molecule has 1 aromatic carbocycles. The third-order valence-corrected chi connectivity index (χ3v) is 3.76. The summed E-state index contributed by atoms with van der Waals surface area (Å²) in [6, 6.07) is 6.08. The van der Waals surface area contributed by atoms with Crippen molar-refractivity contribution in [2.24, 2.45) is 5.92 Å². The Bertz CT molecular complexity index is 384. The minimum absolute atomic E-state index is 0.298. The number of methoxy groups -OCH3 is 1. The summed E-state index contributed by atoms with van der Waals surface area (Å²) in [4.78, 5) is 2.37. The molecule has 2 rings (SSSR count). The number of rotatable bonds is 4. The number of hydrogen-bond donors (Lipinski definition) is 1. The van der Waals surface area contributed by atoms with Crippen LogP contribution in [0.15, 0.2) is 22.7 Å². The van der Waals surface area contributed by atoms with E-state index in [1.807, 2.05) is 12.1 Å². The van der Waals surface area contributed by atoms with E-state index >= 15 is 0 Å². The highest BCUT2D eigenvalue weighted by Crippen LogP contribution is 2.26. The van der Waals surface area contributed by atoms with Crippen LogP contribution in [0.5, 0.6) is 5.75 Å². The summed E-state index contributed by atoms with van der Waals surface area (Å²) < 4.78 is 6.44. The van der Waals surface area contributed by atoms with Gasteiger partial charge in [0.25, 0.3) is 0 Å². The second-order valence-corrected chi connectivity index (χ2v) is 5.44. The molecule has 17 heavy (non-hydrogen) atoms. The third kappa shape index (κ3) is 3.21. The van der Waals surface area contributed by atoms with Gasteiger partial charge in [-0.3, -0.25) is 4.90 Å². The molecule has 1 aromatic rings. The number of halogens is 1. The van der Waals surface area contributed by atoms with E-state index in [0.717, 1.165) is 36.3 Å². The minimum Gasteiger partial charge on any atom is -0.496 e. The lowest BCUT2D eigenvalue weighted by atomic mass is 10.1. The van der Waals surface area contributed by atoms with Crippen LogP contribution in [-0.4, -0.2) is 36.8 Å². The smallest absolute Gasteiger partial charge is 0.123 e. The molecule has 0 bridgehead atoms. The molecular formula is C13H18BrNO2. The summed E-state index contributed by atoms with van der Waals surface area (Å²) in [5, 5.41) is 9.14. The minimum atomic E-state index is 0.298. The maximum Gasteiger partial charge on any atom is 0.123 e. The fourth-order valence-electron chi connectivity index (χ4n) is 2.32. The molecule has 1 atom stereocenters. The molecular weight excluding hydrogens is 282 g/mol. The Morgan fingerprint density at radius 3 is 3.00 bits per heavy atom. The Labute approximate surface area is 111 Å². The molecule has 1 heterocycles. The highest BCUT2D eigenvalue weighted by atomic mass is 79.9. The zero-order valence-electron chi connectivity index (χ0n) is 10.0. The molecule has 0 unspecified atom stereocenters. The number of likely N-dealkylation sites (tertiary alicyclic amines) is 1. The number of nitrogens with zero attached hydrogens (tertiary/aromatic N) is 1. The fraction of sp³-hybridized carbons (Fsp3) is 0.538. The molecule has 1 N–H and O–H groups in total. The van der Waals surface area contributed by atoms with E-state index in [0.29, 0.717) is 12.5 Å². The van der Waals surface area contributed by atoms with E-state index in [1.165, 1.54) is 5.56 Å². The Balaban J connectivity index is 2.05. The van der Waals surface area contributed by atoms with Crippen LogP contribution in [0.2, 0.25) is 0 Å². The lowest BCUT2D eigenvalue weighted by Crippen LogP contribution is -2.21. The van der Waals surface area contributed by atoms with E-state index in [-0.39, 0.29) is 0 Å².